The van der Waals surface area contributed by atoms with E-state index >= 15 is 0 Å². The number of anilines is 1. The molecule has 0 radical (unpaired) electrons. The third-order valence-electron chi connectivity index (χ3n) is 2.60. The van der Waals surface area contributed by atoms with Gasteiger partial charge in [-0.1, -0.05) is 6.07 Å². The van der Waals surface area contributed by atoms with Gasteiger partial charge in [-0.3, -0.25) is 4.98 Å². The molecule has 3 nitrogen and oxygen atoms in total. The van der Waals surface area contributed by atoms with Crippen LogP contribution in [0.1, 0.15) is 11.1 Å². The summed E-state index contributed by atoms with van der Waals surface area (Å²) in [5, 5.41) is 8.84. The van der Waals surface area contributed by atoms with Gasteiger partial charge in [0, 0.05) is 25.5 Å². The first-order valence-corrected chi connectivity index (χ1v) is 5.50. The molecular formula is C14H12FN3. The van der Waals surface area contributed by atoms with Crippen molar-refractivity contribution in [3.63, 3.8) is 0 Å². The Balaban J connectivity index is 2.17. The lowest BCUT2D eigenvalue weighted by atomic mass is 10.2. The predicted octanol–water partition coefficient (Wildman–Crippen LogP) is 2.73. The second kappa shape index (κ2) is 5.28. The first-order chi connectivity index (χ1) is 8.69. The molecule has 0 N–H and O–H groups in total. The standard InChI is InChI=1S/C14H12FN3/c1-18(10-12-5-13(15)9-17-8-12)14-4-2-3-11(6-14)7-16/h2-6,8-9H,10H2,1H3. The number of benzene rings is 1. The van der Waals surface area contributed by atoms with Crippen molar-refractivity contribution in [3.05, 3.63) is 59.7 Å². The van der Waals surface area contributed by atoms with Gasteiger partial charge in [0.1, 0.15) is 5.82 Å². The van der Waals surface area contributed by atoms with Crippen molar-refractivity contribution in [1.82, 2.24) is 4.98 Å². The van der Waals surface area contributed by atoms with E-state index in [-0.39, 0.29) is 5.82 Å². The Kier molecular flexibility index (Phi) is 3.54. The summed E-state index contributed by atoms with van der Waals surface area (Å²) in [5.74, 6) is -0.341. The Morgan fingerprint density at radius 1 is 1.33 bits per heavy atom. The van der Waals surface area contributed by atoms with Crippen molar-refractivity contribution in [3.8, 4) is 6.07 Å². The molecule has 0 fully saturated rings. The number of rotatable bonds is 3. The van der Waals surface area contributed by atoms with Crippen LogP contribution in [0.4, 0.5) is 10.1 Å². The molecule has 0 aliphatic heterocycles. The van der Waals surface area contributed by atoms with Gasteiger partial charge in [-0.2, -0.15) is 5.26 Å². The van der Waals surface area contributed by atoms with Gasteiger partial charge in [0.2, 0.25) is 0 Å². The van der Waals surface area contributed by atoms with Crippen LogP contribution in [0.3, 0.4) is 0 Å². The highest BCUT2D eigenvalue weighted by atomic mass is 19.1. The first-order valence-electron chi connectivity index (χ1n) is 5.50. The van der Waals surface area contributed by atoms with Crippen molar-refractivity contribution in [1.29, 1.82) is 5.26 Å². The molecule has 0 atom stereocenters. The van der Waals surface area contributed by atoms with E-state index < -0.39 is 0 Å². The van der Waals surface area contributed by atoms with Crippen LogP contribution in [0, 0.1) is 17.1 Å². The molecule has 0 saturated heterocycles. The van der Waals surface area contributed by atoms with Gasteiger partial charge in [0.15, 0.2) is 0 Å². The third kappa shape index (κ3) is 2.83. The molecule has 0 aliphatic rings. The molecule has 2 aromatic rings. The van der Waals surface area contributed by atoms with E-state index in [1.54, 1.807) is 18.3 Å². The Morgan fingerprint density at radius 2 is 2.17 bits per heavy atom. The average Bonchev–Trinajstić information content (AvgIpc) is 2.39. The maximum Gasteiger partial charge on any atom is 0.141 e. The summed E-state index contributed by atoms with van der Waals surface area (Å²) >= 11 is 0. The minimum atomic E-state index is -0.341. The minimum Gasteiger partial charge on any atom is -0.370 e. The van der Waals surface area contributed by atoms with Crippen LogP contribution in [0.2, 0.25) is 0 Å². The van der Waals surface area contributed by atoms with Crippen LogP contribution in [0.15, 0.2) is 42.7 Å². The molecule has 2 rings (SSSR count). The Hall–Kier alpha value is -2.41. The smallest absolute Gasteiger partial charge is 0.141 e. The van der Waals surface area contributed by atoms with Gasteiger partial charge in [-0.05, 0) is 29.8 Å². The van der Waals surface area contributed by atoms with Gasteiger partial charge in [0.25, 0.3) is 0 Å². The maximum atomic E-state index is 13.0. The maximum absolute atomic E-state index is 13.0. The van der Waals surface area contributed by atoms with Crippen molar-refractivity contribution in [2.45, 2.75) is 6.54 Å². The molecule has 1 heterocycles. The Labute approximate surface area is 105 Å². The number of pyridine rings is 1. The molecule has 0 amide bonds. The average molecular weight is 241 g/mol. The summed E-state index contributed by atoms with van der Waals surface area (Å²) in [6.07, 6.45) is 2.81. The van der Waals surface area contributed by atoms with Crippen LogP contribution in [-0.2, 0) is 6.54 Å². The topological polar surface area (TPSA) is 39.9 Å². The van der Waals surface area contributed by atoms with E-state index in [2.05, 4.69) is 11.1 Å². The molecular weight excluding hydrogens is 229 g/mol. The minimum absolute atomic E-state index is 0.341. The molecule has 0 aliphatic carbocycles. The number of nitrogens with zero attached hydrogens (tertiary/aromatic N) is 3. The summed E-state index contributed by atoms with van der Waals surface area (Å²) in [6.45, 7) is 0.541. The first kappa shape index (κ1) is 12.1. The second-order valence-corrected chi connectivity index (χ2v) is 4.03. The van der Waals surface area contributed by atoms with Crippen LogP contribution in [0.5, 0.6) is 0 Å². The summed E-state index contributed by atoms with van der Waals surface area (Å²) < 4.78 is 13.0. The fourth-order valence-electron chi connectivity index (χ4n) is 1.72. The fraction of sp³-hybridized carbons (Fsp3) is 0.143. The molecule has 0 spiro atoms. The highest BCUT2D eigenvalue weighted by Crippen LogP contribution is 2.16. The highest BCUT2D eigenvalue weighted by molar-refractivity contribution is 5.51. The molecule has 90 valence electrons. The zero-order valence-corrected chi connectivity index (χ0v) is 9.97. The summed E-state index contributed by atoms with van der Waals surface area (Å²) in [4.78, 5) is 5.75. The molecule has 0 saturated carbocycles. The Morgan fingerprint density at radius 3 is 2.89 bits per heavy atom. The third-order valence-corrected chi connectivity index (χ3v) is 2.60. The zero-order chi connectivity index (χ0) is 13.0. The normalized spacial score (nSPS) is 9.83. The van der Waals surface area contributed by atoms with Gasteiger partial charge in [0.05, 0.1) is 17.8 Å². The number of hydrogen-bond donors (Lipinski definition) is 0. The van der Waals surface area contributed by atoms with Gasteiger partial charge in [-0.15, -0.1) is 0 Å². The van der Waals surface area contributed by atoms with E-state index in [1.165, 1.54) is 12.3 Å². The summed E-state index contributed by atoms with van der Waals surface area (Å²) in [7, 11) is 1.89. The van der Waals surface area contributed by atoms with Crippen molar-refractivity contribution >= 4 is 5.69 Å². The van der Waals surface area contributed by atoms with Crippen LogP contribution >= 0.6 is 0 Å². The van der Waals surface area contributed by atoms with Crippen molar-refractivity contribution in [2.75, 3.05) is 11.9 Å². The van der Waals surface area contributed by atoms with E-state index in [4.69, 9.17) is 5.26 Å². The van der Waals surface area contributed by atoms with Crippen LogP contribution < -0.4 is 4.90 Å². The SMILES string of the molecule is CN(Cc1cncc(F)c1)c1cccc(C#N)c1. The van der Waals surface area contributed by atoms with Crippen LogP contribution in [0.25, 0.3) is 0 Å². The monoisotopic (exact) mass is 241 g/mol. The van der Waals surface area contributed by atoms with Crippen molar-refractivity contribution in [2.24, 2.45) is 0 Å². The van der Waals surface area contributed by atoms with E-state index in [9.17, 15) is 4.39 Å². The van der Waals surface area contributed by atoms with E-state index in [0.717, 1.165) is 11.3 Å². The van der Waals surface area contributed by atoms with Crippen molar-refractivity contribution < 1.29 is 4.39 Å². The lowest BCUT2D eigenvalue weighted by molar-refractivity contribution is 0.618. The molecule has 4 heteroatoms. The molecule has 0 bridgehead atoms. The van der Waals surface area contributed by atoms with E-state index in [0.29, 0.717) is 12.1 Å². The quantitative estimate of drug-likeness (QED) is 0.829. The van der Waals surface area contributed by atoms with Crippen LogP contribution in [-0.4, -0.2) is 12.0 Å². The molecule has 1 aromatic carbocycles. The number of nitriles is 1. The largest absolute Gasteiger partial charge is 0.370 e. The highest BCUT2D eigenvalue weighted by Gasteiger charge is 2.04. The lowest BCUT2D eigenvalue weighted by Gasteiger charge is -2.19. The summed E-state index contributed by atoms with van der Waals surface area (Å²) in [5.41, 5.74) is 2.31. The summed E-state index contributed by atoms with van der Waals surface area (Å²) in [6, 6.07) is 10.8. The molecule has 0 unspecified atom stereocenters. The predicted molar refractivity (Wildman–Crippen MR) is 67.5 cm³/mol. The zero-order valence-electron chi connectivity index (χ0n) is 9.97. The second-order valence-electron chi connectivity index (χ2n) is 4.03. The van der Waals surface area contributed by atoms with Gasteiger partial charge < -0.3 is 4.90 Å². The molecule has 18 heavy (non-hydrogen) atoms. The number of halogens is 1. The van der Waals surface area contributed by atoms with Gasteiger partial charge in [-0.25, -0.2) is 4.39 Å². The Bertz CT molecular complexity index is 590. The lowest BCUT2D eigenvalue weighted by Crippen LogP contribution is -2.16. The molecule has 1 aromatic heterocycles. The number of hydrogen-bond acceptors (Lipinski definition) is 3. The van der Waals surface area contributed by atoms with E-state index in [1.807, 2.05) is 24.1 Å². The number of aromatic nitrogens is 1. The fourth-order valence-corrected chi connectivity index (χ4v) is 1.72. The van der Waals surface area contributed by atoms with Gasteiger partial charge >= 0.3 is 0 Å².